The molecule has 0 amide bonds. The van der Waals surface area contributed by atoms with Gasteiger partial charge in [0, 0.05) is 29.4 Å². The van der Waals surface area contributed by atoms with Gasteiger partial charge >= 0.3 is 0 Å². The molecule has 0 spiro atoms. The second kappa shape index (κ2) is 6.32. The van der Waals surface area contributed by atoms with Crippen molar-refractivity contribution < 1.29 is 0 Å². The van der Waals surface area contributed by atoms with Gasteiger partial charge in [-0.2, -0.15) is 0 Å². The Morgan fingerprint density at radius 3 is 2.48 bits per heavy atom. The summed E-state index contributed by atoms with van der Waals surface area (Å²) >= 11 is 0. The zero-order valence-electron chi connectivity index (χ0n) is 13.1. The molecule has 0 bridgehead atoms. The average molecular weight is 304 g/mol. The molecule has 0 saturated heterocycles. The summed E-state index contributed by atoms with van der Waals surface area (Å²) in [6, 6.07) is 12.1. The summed E-state index contributed by atoms with van der Waals surface area (Å²) in [5.41, 5.74) is 2.01. The van der Waals surface area contributed by atoms with Crippen LogP contribution in [0.2, 0.25) is 0 Å². The van der Waals surface area contributed by atoms with Gasteiger partial charge in [0.25, 0.3) is 0 Å². The number of aromatic nitrogens is 3. The standard InChI is InChI=1S/C19H20N4/c1-2-6-14(7-3-1)18-22-17-9-5-4-8-16(17)19(23-18)21-15-10-12-20-13-11-15/h4-5,8-14H,1-3,6-7H2,(H,20,21,22,23). The van der Waals surface area contributed by atoms with Gasteiger partial charge in [0.05, 0.1) is 5.52 Å². The van der Waals surface area contributed by atoms with Gasteiger partial charge in [0.1, 0.15) is 11.6 Å². The molecule has 0 aliphatic heterocycles. The third kappa shape index (κ3) is 3.02. The minimum absolute atomic E-state index is 0.492. The molecule has 4 rings (SSSR count). The molecule has 1 N–H and O–H groups in total. The molecule has 4 heteroatoms. The van der Waals surface area contributed by atoms with Gasteiger partial charge in [-0.15, -0.1) is 0 Å². The van der Waals surface area contributed by atoms with Crippen molar-refractivity contribution in [1.29, 1.82) is 0 Å². The van der Waals surface area contributed by atoms with Gasteiger partial charge in [0.2, 0.25) is 0 Å². The van der Waals surface area contributed by atoms with E-state index in [1.165, 1.54) is 32.1 Å². The van der Waals surface area contributed by atoms with Crippen molar-refractivity contribution in [2.45, 2.75) is 38.0 Å². The highest BCUT2D eigenvalue weighted by Crippen LogP contribution is 2.33. The Labute approximate surface area is 136 Å². The summed E-state index contributed by atoms with van der Waals surface area (Å²) in [7, 11) is 0. The average Bonchev–Trinajstić information content (AvgIpc) is 2.63. The van der Waals surface area contributed by atoms with Crippen LogP contribution in [-0.4, -0.2) is 15.0 Å². The highest BCUT2D eigenvalue weighted by molar-refractivity contribution is 5.90. The number of nitrogens with one attached hydrogen (secondary N) is 1. The Morgan fingerprint density at radius 1 is 0.870 bits per heavy atom. The molecule has 23 heavy (non-hydrogen) atoms. The molecule has 0 atom stereocenters. The van der Waals surface area contributed by atoms with E-state index in [0.29, 0.717) is 5.92 Å². The third-order valence-electron chi connectivity index (χ3n) is 4.53. The predicted octanol–water partition coefficient (Wildman–Crippen LogP) is 4.82. The fourth-order valence-corrected chi connectivity index (χ4v) is 3.31. The van der Waals surface area contributed by atoms with E-state index in [1.807, 2.05) is 24.3 Å². The van der Waals surface area contributed by atoms with Gasteiger partial charge in [-0.25, -0.2) is 9.97 Å². The molecule has 0 radical (unpaired) electrons. The summed E-state index contributed by atoms with van der Waals surface area (Å²) in [6.45, 7) is 0. The van der Waals surface area contributed by atoms with Gasteiger partial charge in [-0.05, 0) is 37.1 Å². The normalized spacial score (nSPS) is 15.7. The Hall–Kier alpha value is -2.49. The summed E-state index contributed by atoms with van der Waals surface area (Å²) in [4.78, 5) is 13.8. The SMILES string of the molecule is c1ccc2c(Nc3ccncc3)nc(C3CCCCC3)nc2c1. The van der Waals surface area contributed by atoms with E-state index < -0.39 is 0 Å². The number of rotatable bonds is 3. The maximum Gasteiger partial charge on any atom is 0.142 e. The van der Waals surface area contributed by atoms with Gasteiger partial charge in [-0.1, -0.05) is 31.4 Å². The highest BCUT2D eigenvalue weighted by atomic mass is 15.0. The molecule has 1 aromatic carbocycles. The Bertz CT molecular complexity index is 795. The maximum absolute atomic E-state index is 4.88. The van der Waals surface area contributed by atoms with E-state index in [0.717, 1.165) is 28.2 Å². The summed E-state index contributed by atoms with van der Waals surface area (Å²) < 4.78 is 0. The first-order valence-electron chi connectivity index (χ1n) is 8.34. The number of hydrogen-bond acceptors (Lipinski definition) is 4. The van der Waals surface area contributed by atoms with Crippen molar-refractivity contribution in [3.8, 4) is 0 Å². The first-order chi connectivity index (χ1) is 11.4. The van der Waals surface area contributed by atoms with Crippen molar-refractivity contribution in [3.63, 3.8) is 0 Å². The van der Waals surface area contributed by atoms with Crippen LogP contribution in [0.1, 0.15) is 43.8 Å². The molecular weight excluding hydrogens is 284 g/mol. The molecule has 1 aliphatic carbocycles. The molecule has 2 heterocycles. The van der Waals surface area contributed by atoms with E-state index >= 15 is 0 Å². The van der Waals surface area contributed by atoms with Crippen LogP contribution in [0.4, 0.5) is 11.5 Å². The number of anilines is 2. The second-order valence-corrected chi connectivity index (χ2v) is 6.14. The molecule has 116 valence electrons. The number of hydrogen-bond donors (Lipinski definition) is 1. The molecule has 3 aromatic rings. The van der Waals surface area contributed by atoms with Crippen LogP contribution in [0.5, 0.6) is 0 Å². The van der Waals surface area contributed by atoms with Crippen molar-refractivity contribution in [1.82, 2.24) is 15.0 Å². The van der Waals surface area contributed by atoms with Gasteiger partial charge in [-0.3, -0.25) is 4.98 Å². The summed E-state index contributed by atoms with van der Waals surface area (Å²) in [5, 5.41) is 4.49. The Morgan fingerprint density at radius 2 is 1.65 bits per heavy atom. The van der Waals surface area contributed by atoms with E-state index in [-0.39, 0.29) is 0 Å². The zero-order chi connectivity index (χ0) is 15.5. The van der Waals surface area contributed by atoms with Crippen LogP contribution < -0.4 is 5.32 Å². The number of fused-ring (bicyclic) bond motifs is 1. The van der Waals surface area contributed by atoms with Gasteiger partial charge < -0.3 is 5.32 Å². The van der Waals surface area contributed by atoms with E-state index in [9.17, 15) is 0 Å². The smallest absolute Gasteiger partial charge is 0.142 e. The largest absolute Gasteiger partial charge is 0.340 e. The zero-order valence-corrected chi connectivity index (χ0v) is 13.1. The number of nitrogens with zero attached hydrogens (tertiary/aromatic N) is 3. The van der Waals surface area contributed by atoms with Crippen molar-refractivity contribution in [2.75, 3.05) is 5.32 Å². The highest BCUT2D eigenvalue weighted by Gasteiger charge is 2.20. The van der Waals surface area contributed by atoms with Crippen LogP contribution in [0.3, 0.4) is 0 Å². The fraction of sp³-hybridized carbons (Fsp3) is 0.316. The lowest BCUT2D eigenvalue weighted by Gasteiger charge is -2.21. The maximum atomic E-state index is 4.88. The fourth-order valence-electron chi connectivity index (χ4n) is 3.31. The molecule has 2 aromatic heterocycles. The third-order valence-corrected chi connectivity index (χ3v) is 4.53. The molecule has 1 fully saturated rings. The van der Waals surface area contributed by atoms with E-state index in [4.69, 9.17) is 9.97 Å². The Balaban J connectivity index is 1.77. The van der Waals surface area contributed by atoms with Crippen LogP contribution >= 0.6 is 0 Å². The lowest BCUT2D eigenvalue weighted by Crippen LogP contribution is -2.10. The van der Waals surface area contributed by atoms with E-state index in [1.54, 1.807) is 12.4 Å². The van der Waals surface area contributed by atoms with Crippen molar-refractivity contribution in [2.24, 2.45) is 0 Å². The molecule has 1 aliphatic rings. The minimum Gasteiger partial charge on any atom is -0.340 e. The molecular formula is C19H20N4. The quantitative estimate of drug-likeness (QED) is 0.754. The number of pyridine rings is 1. The minimum atomic E-state index is 0.492. The lowest BCUT2D eigenvalue weighted by molar-refractivity contribution is 0.430. The van der Waals surface area contributed by atoms with Crippen molar-refractivity contribution >= 4 is 22.4 Å². The molecule has 0 unspecified atom stereocenters. The molecule has 4 nitrogen and oxygen atoms in total. The monoisotopic (exact) mass is 304 g/mol. The van der Waals surface area contributed by atoms with Crippen LogP contribution in [0, 0.1) is 0 Å². The number of benzene rings is 1. The van der Waals surface area contributed by atoms with Crippen LogP contribution in [0.25, 0.3) is 10.9 Å². The van der Waals surface area contributed by atoms with Gasteiger partial charge in [0.15, 0.2) is 0 Å². The first-order valence-corrected chi connectivity index (χ1v) is 8.34. The second-order valence-electron chi connectivity index (χ2n) is 6.14. The number of para-hydroxylation sites is 1. The van der Waals surface area contributed by atoms with E-state index in [2.05, 4.69) is 22.4 Å². The lowest BCUT2D eigenvalue weighted by atomic mass is 9.88. The Kier molecular flexibility index (Phi) is 3.88. The summed E-state index contributed by atoms with van der Waals surface area (Å²) in [5.74, 6) is 2.37. The van der Waals surface area contributed by atoms with Crippen LogP contribution in [0.15, 0.2) is 48.8 Å². The van der Waals surface area contributed by atoms with Crippen LogP contribution in [-0.2, 0) is 0 Å². The van der Waals surface area contributed by atoms with Crippen molar-refractivity contribution in [3.05, 3.63) is 54.6 Å². The topological polar surface area (TPSA) is 50.7 Å². The first kappa shape index (κ1) is 14.1. The summed E-state index contributed by atoms with van der Waals surface area (Å²) in [6.07, 6.45) is 9.88. The molecule has 1 saturated carbocycles. The predicted molar refractivity (Wildman–Crippen MR) is 92.9 cm³/mol.